The van der Waals surface area contributed by atoms with Crippen LogP contribution in [0.25, 0.3) is 0 Å². The molecule has 0 bridgehead atoms. The van der Waals surface area contributed by atoms with Crippen molar-refractivity contribution < 1.29 is 5.11 Å². The zero-order chi connectivity index (χ0) is 7.40. The summed E-state index contributed by atoms with van der Waals surface area (Å²) < 4.78 is 0. The molecule has 1 nitrogen and oxygen atoms in total. The van der Waals surface area contributed by atoms with Crippen molar-refractivity contribution in [2.75, 3.05) is 0 Å². The molecule has 10 heavy (non-hydrogen) atoms. The molecule has 0 saturated carbocycles. The summed E-state index contributed by atoms with van der Waals surface area (Å²) in [6.45, 7) is 1.68. The average Bonchev–Trinajstić information content (AvgIpc) is 1.88. The third kappa shape index (κ3) is 2.25. The van der Waals surface area contributed by atoms with Crippen LogP contribution >= 0.6 is 11.4 Å². The molecular formula is C8H9OS. The van der Waals surface area contributed by atoms with Crippen molar-refractivity contribution in [3.8, 4) is 0 Å². The summed E-state index contributed by atoms with van der Waals surface area (Å²) >= 11 is 1.37. The monoisotopic (exact) mass is 153 g/mol. The number of benzene rings is 1. The summed E-state index contributed by atoms with van der Waals surface area (Å²) in [5.41, 5.74) is 0. The van der Waals surface area contributed by atoms with E-state index in [-0.39, 0.29) is 0 Å². The first-order valence-electron chi connectivity index (χ1n) is 3.04. The molecule has 0 aliphatic rings. The minimum Gasteiger partial charge on any atom is -0.355 e. The molecule has 0 aromatic heterocycles. The van der Waals surface area contributed by atoms with Gasteiger partial charge in [0.2, 0.25) is 0 Å². The van der Waals surface area contributed by atoms with Crippen molar-refractivity contribution in [3.63, 3.8) is 0 Å². The Balaban J connectivity index is 2.87. The smallest absolute Gasteiger partial charge is 0.0986 e. The van der Waals surface area contributed by atoms with Crippen LogP contribution in [0.4, 0.5) is 0 Å². The molecule has 1 aromatic rings. The van der Waals surface area contributed by atoms with Crippen LogP contribution in [0.2, 0.25) is 0 Å². The normalized spacial score (nSPS) is 11.6. The van der Waals surface area contributed by atoms with Gasteiger partial charge in [0.05, 0.1) is 5.05 Å². The van der Waals surface area contributed by atoms with Crippen LogP contribution in [0.3, 0.4) is 0 Å². The van der Waals surface area contributed by atoms with Gasteiger partial charge in [-0.2, -0.15) is 0 Å². The molecular weight excluding hydrogens is 144 g/mol. The van der Waals surface area contributed by atoms with Crippen molar-refractivity contribution in [2.45, 2.75) is 11.8 Å². The zero-order valence-corrected chi connectivity index (χ0v) is 6.56. The maximum Gasteiger partial charge on any atom is 0.0986 e. The fraction of sp³-hybridized carbons (Fsp3) is 0.125. The Morgan fingerprint density at radius 1 is 1.30 bits per heavy atom. The van der Waals surface area contributed by atoms with E-state index in [9.17, 15) is 0 Å². The number of aliphatic hydroxyl groups is 1. The lowest BCUT2D eigenvalue weighted by molar-refractivity contribution is 0.564. The third-order valence-corrected chi connectivity index (χ3v) is 1.81. The molecule has 1 aromatic carbocycles. The van der Waals surface area contributed by atoms with Crippen LogP contribution < -0.4 is 0 Å². The number of rotatable bonds is 1. The molecule has 0 saturated heterocycles. The van der Waals surface area contributed by atoms with Crippen LogP contribution in [-0.2, 0) is 0 Å². The molecule has 0 amide bonds. The minimum absolute atomic E-state index is 0.381. The Kier molecular flexibility index (Phi) is 2.54. The maximum atomic E-state index is 8.89. The van der Waals surface area contributed by atoms with Gasteiger partial charge < -0.3 is 5.11 Å². The van der Waals surface area contributed by atoms with Crippen LogP contribution in [0.5, 0.6) is 0 Å². The summed E-state index contributed by atoms with van der Waals surface area (Å²) in [6, 6.07) is 9.78. The van der Waals surface area contributed by atoms with Gasteiger partial charge in [0, 0.05) is 4.90 Å². The van der Waals surface area contributed by atoms with Gasteiger partial charge >= 0.3 is 0 Å². The van der Waals surface area contributed by atoms with Crippen LogP contribution in [0.1, 0.15) is 6.92 Å². The van der Waals surface area contributed by atoms with Crippen molar-refractivity contribution in [2.24, 2.45) is 0 Å². The quantitative estimate of drug-likeness (QED) is 0.614. The second kappa shape index (κ2) is 3.44. The fourth-order valence-corrected chi connectivity index (χ4v) is 1.29. The van der Waals surface area contributed by atoms with Gasteiger partial charge in [-0.05, 0) is 19.1 Å². The van der Waals surface area contributed by atoms with Crippen molar-refractivity contribution in [3.05, 3.63) is 30.3 Å². The summed E-state index contributed by atoms with van der Waals surface area (Å²) in [7, 11) is 0. The third-order valence-electron chi connectivity index (χ3n) is 1.01. The Morgan fingerprint density at radius 2 is 1.90 bits per heavy atom. The highest BCUT2D eigenvalue weighted by Crippen LogP contribution is 2.09. The first kappa shape index (κ1) is 7.38. The average molecular weight is 153 g/mol. The molecule has 0 aliphatic heterocycles. The zero-order valence-electron chi connectivity index (χ0n) is 5.74. The van der Waals surface area contributed by atoms with E-state index in [2.05, 4.69) is 0 Å². The van der Waals surface area contributed by atoms with E-state index in [4.69, 9.17) is 5.11 Å². The molecule has 1 radical (unpaired) electrons. The summed E-state index contributed by atoms with van der Waals surface area (Å²) in [4.78, 5) is 1.07. The lowest BCUT2D eigenvalue weighted by atomic mass is 10.4. The first-order chi connectivity index (χ1) is 4.79. The van der Waals surface area contributed by atoms with E-state index in [0.717, 1.165) is 4.90 Å². The van der Waals surface area contributed by atoms with E-state index in [0.29, 0.717) is 5.05 Å². The molecule has 1 rings (SSSR count). The van der Waals surface area contributed by atoms with E-state index >= 15 is 0 Å². The van der Waals surface area contributed by atoms with Crippen LogP contribution in [0, 0.1) is 0 Å². The van der Waals surface area contributed by atoms with Gasteiger partial charge in [-0.25, -0.2) is 0 Å². The fourth-order valence-electron chi connectivity index (χ4n) is 0.659. The summed E-state index contributed by atoms with van der Waals surface area (Å²) in [5, 5.41) is 9.27. The van der Waals surface area contributed by atoms with E-state index in [1.54, 1.807) is 6.92 Å². The lowest BCUT2D eigenvalue weighted by Crippen LogP contribution is -1.79. The van der Waals surface area contributed by atoms with Crippen molar-refractivity contribution >= 4 is 16.4 Å². The van der Waals surface area contributed by atoms with Crippen LogP contribution in [0.15, 0.2) is 35.2 Å². The number of hydrogen-bond donors (Lipinski definition) is 1. The van der Waals surface area contributed by atoms with Gasteiger partial charge in [0.1, 0.15) is 0 Å². The molecule has 2 heteroatoms. The van der Waals surface area contributed by atoms with Crippen molar-refractivity contribution in [1.29, 1.82) is 0 Å². The van der Waals surface area contributed by atoms with Gasteiger partial charge in [0.15, 0.2) is 0 Å². The molecule has 1 N–H and O–H groups in total. The summed E-state index contributed by atoms with van der Waals surface area (Å²) in [6.07, 6.45) is 0. The number of aliphatic hydroxyl groups excluding tert-OH is 1. The Bertz CT molecular complexity index is 224. The van der Waals surface area contributed by atoms with E-state index in [1.807, 2.05) is 30.3 Å². The summed E-state index contributed by atoms with van der Waals surface area (Å²) in [5.74, 6) is 0. The Hall–Kier alpha value is -0.730. The predicted octanol–water partition coefficient (Wildman–Crippen LogP) is 2.49. The largest absolute Gasteiger partial charge is 0.355 e. The molecule has 0 aliphatic carbocycles. The molecule has 0 unspecified atom stereocenters. The predicted molar refractivity (Wildman–Crippen MR) is 45.6 cm³/mol. The maximum absolute atomic E-state index is 8.89. The van der Waals surface area contributed by atoms with E-state index in [1.165, 1.54) is 11.4 Å². The van der Waals surface area contributed by atoms with Crippen molar-refractivity contribution in [1.82, 2.24) is 0 Å². The van der Waals surface area contributed by atoms with Gasteiger partial charge in [0.25, 0.3) is 0 Å². The molecule has 0 fully saturated rings. The standard InChI is InChI=1S/C8H9OS/c1-7(9)10-8-5-3-2-4-6-8/h2-6,9H,1H3. The second-order valence-electron chi connectivity index (χ2n) is 1.93. The molecule has 53 valence electrons. The Labute approximate surface area is 64.3 Å². The number of hydrogen-bond acceptors (Lipinski definition) is 0. The lowest BCUT2D eigenvalue weighted by Gasteiger charge is -1.89. The van der Waals surface area contributed by atoms with Gasteiger partial charge in [-0.1, -0.05) is 18.2 Å². The highest BCUT2D eigenvalue weighted by Gasteiger charge is 1.84. The molecule has 0 heterocycles. The Morgan fingerprint density at radius 3 is 2.40 bits per heavy atom. The topological polar surface area (TPSA) is 20.2 Å². The highest BCUT2D eigenvalue weighted by atomic mass is 32.1. The van der Waals surface area contributed by atoms with Crippen LogP contribution in [-0.4, -0.2) is 10.2 Å². The second-order valence-corrected chi connectivity index (χ2v) is 3.20. The minimum atomic E-state index is 0.381. The molecule has 0 spiro atoms. The van der Waals surface area contributed by atoms with E-state index < -0.39 is 0 Å². The van der Waals surface area contributed by atoms with Gasteiger partial charge in [-0.15, -0.1) is 11.4 Å². The highest BCUT2D eigenvalue weighted by molar-refractivity contribution is 7.98. The SMILES string of the molecule is CC(O)=[S]c1ccccc1. The molecule has 0 atom stereocenters. The van der Waals surface area contributed by atoms with Gasteiger partial charge in [-0.3, -0.25) is 0 Å². The first-order valence-corrected chi connectivity index (χ1v) is 3.86.